The van der Waals surface area contributed by atoms with E-state index in [2.05, 4.69) is 27.6 Å². The second-order valence-corrected chi connectivity index (χ2v) is 5.87. The van der Waals surface area contributed by atoms with Crippen LogP contribution in [-0.4, -0.2) is 26.9 Å². The van der Waals surface area contributed by atoms with Gasteiger partial charge in [-0.2, -0.15) is 10.2 Å². The highest BCUT2D eigenvalue weighted by atomic mass is 16.3. The molecule has 0 aliphatic heterocycles. The largest absolute Gasteiger partial charge is 0.507 e. The zero-order valence-electron chi connectivity index (χ0n) is 14.7. The zero-order chi connectivity index (χ0) is 18.5. The summed E-state index contributed by atoms with van der Waals surface area (Å²) in [5.74, 6) is -0.286. The molecule has 0 saturated heterocycles. The van der Waals surface area contributed by atoms with E-state index in [1.807, 2.05) is 24.3 Å². The molecule has 26 heavy (non-hydrogen) atoms. The van der Waals surface area contributed by atoms with Crippen LogP contribution in [0.1, 0.15) is 35.5 Å². The molecule has 0 unspecified atom stereocenters. The number of phenols is 1. The number of benzene rings is 2. The van der Waals surface area contributed by atoms with Gasteiger partial charge in [-0.25, -0.2) is 5.43 Å². The summed E-state index contributed by atoms with van der Waals surface area (Å²) in [5.41, 5.74) is 6.73. The summed E-state index contributed by atoms with van der Waals surface area (Å²) in [4.78, 5) is 12.3. The highest BCUT2D eigenvalue weighted by Gasteiger charge is 2.11. The predicted octanol–water partition coefficient (Wildman–Crippen LogP) is 3.50. The van der Waals surface area contributed by atoms with Gasteiger partial charge < -0.3 is 5.11 Å². The van der Waals surface area contributed by atoms with Gasteiger partial charge >= 0.3 is 0 Å². The number of hydrogen-bond donors (Lipinski definition) is 3. The maximum absolute atomic E-state index is 12.3. The van der Waals surface area contributed by atoms with Crippen molar-refractivity contribution in [3.63, 3.8) is 0 Å². The number of para-hydroxylation sites is 1. The second kappa shape index (κ2) is 7.65. The Morgan fingerprint density at radius 1 is 1.19 bits per heavy atom. The molecule has 0 saturated carbocycles. The Morgan fingerprint density at radius 2 is 1.92 bits per heavy atom. The van der Waals surface area contributed by atoms with Gasteiger partial charge in [0.15, 0.2) is 0 Å². The van der Waals surface area contributed by atoms with Crippen molar-refractivity contribution >= 4 is 11.6 Å². The molecule has 6 nitrogen and oxygen atoms in total. The number of hydrazone groups is 1. The number of amides is 1. The number of hydrogen-bond acceptors (Lipinski definition) is 4. The van der Waals surface area contributed by atoms with Crippen LogP contribution >= 0.6 is 0 Å². The molecule has 0 spiro atoms. The molecule has 0 aliphatic carbocycles. The van der Waals surface area contributed by atoms with Gasteiger partial charge in [0.25, 0.3) is 5.91 Å². The summed E-state index contributed by atoms with van der Waals surface area (Å²) in [6.45, 7) is 3.81. The van der Waals surface area contributed by atoms with Gasteiger partial charge in [-0.3, -0.25) is 9.89 Å². The first-order valence-electron chi connectivity index (χ1n) is 8.36. The number of carbonyl (C=O) groups excluding carboxylic acids is 1. The molecule has 132 valence electrons. The molecule has 1 aromatic heterocycles. The van der Waals surface area contributed by atoms with Gasteiger partial charge in [0.2, 0.25) is 0 Å². The third kappa shape index (κ3) is 3.80. The summed E-state index contributed by atoms with van der Waals surface area (Å²) in [6, 6.07) is 16.6. The first kappa shape index (κ1) is 17.4. The third-order valence-electron chi connectivity index (χ3n) is 4.10. The molecule has 0 fully saturated rings. The average molecular weight is 348 g/mol. The van der Waals surface area contributed by atoms with Crippen LogP contribution in [0.4, 0.5) is 0 Å². The fraction of sp³-hybridized carbons (Fsp3) is 0.150. The lowest BCUT2D eigenvalue weighted by Gasteiger charge is -2.03. The zero-order valence-corrected chi connectivity index (χ0v) is 14.7. The summed E-state index contributed by atoms with van der Waals surface area (Å²) >= 11 is 0. The SMILES string of the molecule is CCc1ccc(-c2cc(C(=O)N/N=C(\C)c3ccccc3O)[nH]n2)cc1. The maximum Gasteiger partial charge on any atom is 0.289 e. The number of carbonyl (C=O) groups is 1. The first-order valence-corrected chi connectivity index (χ1v) is 8.36. The molecule has 6 heteroatoms. The van der Waals surface area contributed by atoms with Crippen LogP contribution in [-0.2, 0) is 6.42 Å². The van der Waals surface area contributed by atoms with Crippen LogP contribution in [0.2, 0.25) is 0 Å². The van der Waals surface area contributed by atoms with Gasteiger partial charge in [-0.05, 0) is 37.1 Å². The quantitative estimate of drug-likeness (QED) is 0.487. The van der Waals surface area contributed by atoms with E-state index in [1.165, 1.54) is 5.56 Å². The molecule has 3 N–H and O–H groups in total. The number of aryl methyl sites for hydroxylation is 1. The number of aromatic amines is 1. The number of aromatic nitrogens is 2. The van der Waals surface area contributed by atoms with Crippen LogP contribution < -0.4 is 5.43 Å². The summed E-state index contributed by atoms with van der Waals surface area (Å²) in [6.07, 6.45) is 0.975. The standard InChI is InChI=1S/C20H20N4O2/c1-3-14-8-10-15(11-9-14)17-12-18(23-22-17)20(26)24-21-13(2)16-6-4-5-7-19(16)25/h4-12,25H,3H2,1-2H3,(H,22,23)(H,24,26)/b21-13+. The van der Waals surface area contributed by atoms with E-state index in [0.29, 0.717) is 22.7 Å². The second-order valence-electron chi connectivity index (χ2n) is 5.87. The van der Waals surface area contributed by atoms with Crippen LogP contribution in [0, 0.1) is 0 Å². The van der Waals surface area contributed by atoms with Gasteiger partial charge in [-0.1, -0.05) is 43.3 Å². The molecule has 2 aromatic carbocycles. The van der Waals surface area contributed by atoms with E-state index in [1.54, 1.807) is 37.3 Å². The molecule has 0 aliphatic rings. The molecule has 3 aromatic rings. The van der Waals surface area contributed by atoms with Crippen molar-refractivity contribution in [1.82, 2.24) is 15.6 Å². The Kier molecular flexibility index (Phi) is 5.12. The van der Waals surface area contributed by atoms with Crippen LogP contribution in [0.25, 0.3) is 11.3 Å². The van der Waals surface area contributed by atoms with Crippen molar-refractivity contribution in [3.8, 4) is 17.0 Å². The minimum absolute atomic E-state index is 0.113. The van der Waals surface area contributed by atoms with Crippen LogP contribution in [0.5, 0.6) is 5.75 Å². The Balaban J connectivity index is 1.72. The predicted molar refractivity (Wildman–Crippen MR) is 101 cm³/mol. The van der Waals surface area contributed by atoms with E-state index in [0.717, 1.165) is 12.0 Å². The maximum atomic E-state index is 12.3. The molecule has 0 atom stereocenters. The van der Waals surface area contributed by atoms with Crippen LogP contribution in [0.3, 0.4) is 0 Å². The molecular formula is C20H20N4O2. The first-order chi connectivity index (χ1) is 12.6. The minimum Gasteiger partial charge on any atom is -0.507 e. The lowest BCUT2D eigenvalue weighted by atomic mass is 10.1. The van der Waals surface area contributed by atoms with E-state index in [-0.39, 0.29) is 5.75 Å². The van der Waals surface area contributed by atoms with E-state index < -0.39 is 5.91 Å². The van der Waals surface area contributed by atoms with E-state index in [9.17, 15) is 9.90 Å². The molecular weight excluding hydrogens is 328 g/mol. The molecule has 0 radical (unpaired) electrons. The summed E-state index contributed by atoms with van der Waals surface area (Å²) in [5, 5.41) is 20.8. The molecule has 1 amide bonds. The van der Waals surface area contributed by atoms with Crippen LogP contribution in [0.15, 0.2) is 59.7 Å². The Morgan fingerprint density at radius 3 is 2.62 bits per heavy atom. The van der Waals surface area contributed by atoms with Crippen molar-refractivity contribution in [1.29, 1.82) is 0 Å². The number of rotatable bonds is 5. The van der Waals surface area contributed by atoms with Crippen molar-refractivity contribution < 1.29 is 9.90 Å². The highest BCUT2D eigenvalue weighted by molar-refractivity contribution is 6.02. The summed E-state index contributed by atoms with van der Waals surface area (Å²) in [7, 11) is 0. The minimum atomic E-state index is -0.399. The number of nitrogens with one attached hydrogen (secondary N) is 2. The van der Waals surface area contributed by atoms with E-state index in [4.69, 9.17) is 0 Å². The molecule has 3 rings (SSSR count). The number of phenolic OH excluding ortho intramolecular Hbond substituents is 1. The third-order valence-corrected chi connectivity index (χ3v) is 4.10. The Labute approximate surface area is 151 Å². The highest BCUT2D eigenvalue weighted by Crippen LogP contribution is 2.19. The number of nitrogens with zero attached hydrogens (tertiary/aromatic N) is 2. The Hall–Kier alpha value is -3.41. The lowest BCUT2D eigenvalue weighted by Crippen LogP contribution is -2.19. The normalized spacial score (nSPS) is 11.4. The fourth-order valence-corrected chi connectivity index (χ4v) is 2.53. The van der Waals surface area contributed by atoms with Gasteiger partial charge in [0.05, 0.1) is 11.4 Å². The van der Waals surface area contributed by atoms with E-state index >= 15 is 0 Å². The van der Waals surface area contributed by atoms with Gasteiger partial charge in [0.1, 0.15) is 11.4 Å². The van der Waals surface area contributed by atoms with Crippen molar-refractivity contribution in [2.45, 2.75) is 20.3 Å². The molecule has 0 bridgehead atoms. The van der Waals surface area contributed by atoms with Gasteiger partial charge in [0, 0.05) is 11.1 Å². The number of aromatic hydroxyl groups is 1. The fourth-order valence-electron chi connectivity index (χ4n) is 2.53. The lowest BCUT2D eigenvalue weighted by molar-refractivity contribution is 0.0950. The topological polar surface area (TPSA) is 90.4 Å². The smallest absolute Gasteiger partial charge is 0.289 e. The van der Waals surface area contributed by atoms with Crippen molar-refractivity contribution in [3.05, 3.63) is 71.4 Å². The monoisotopic (exact) mass is 348 g/mol. The Bertz CT molecular complexity index is 942. The van der Waals surface area contributed by atoms with Crippen molar-refractivity contribution in [2.75, 3.05) is 0 Å². The molecule has 1 heterocycles. The van der Waals surface area contributed by atoms with Crippen molar-refractivity contribution in [2.24, 2.45) is 5.10 Å². The average Bonchev–Trinajstić information content (AvgIpc) is 3.16. The van der Waals surface area contributed by atoms with Gasteiger partial charge in [-0.15, -0.1) is 0 Å². The number of H-pyrrole nitrogens is 1. The summed E-state index contributed by atoms with van der Waals surface area (Å²) < 4.78 is 0.